The molecule has 0 radical (unpaired) electrons. The molecule has 0 spiro atoms. The molecule has 41 heavy (non-hydrogen) atoms. The molecule has 214 valence electrons. The second kappa shape index (κ2) is 12.6. The van der Waals surface area contributed by atoms with E-state index in [1.807, 2.05) is 30.3 Å². The molecule has 0 aliphatic heterocycles. The Hall–Kier alpha value is -4.74. The van der Waals surface area contributed by atoms with Crippen molar-refractivity contribution >= 4 is 17.6 Å². The summed E-state index contributed by atoms with van der Waals surface area (Å²) in [4.78, 5) is 47.7. The van der Waals surface area contributed by atoms with Crippen LogP contribution in [0.2, 0.25) is 0 Å². The Bertz CT molecular complexity index is 1480. The molecule has 2 aromatic carbocycles. The number of nitrogens with zero attached hydrogens (tertiary/aromatic N) is 3. The molecular weight excluding hydrogens is 539 g/mol. The molecule has 1 unspecified atom stereocenters. The number of benzene rings is 2. The van der Waals surface area contributed by atoms with Gasteiger partial charge in [-0.2, -0.15) is 18.2 Å². The molecule has 2 N–H and O–H groups in total. The third kappa shape index (κ3) is 7.68. The van der Waals surface area contributed by atoms with Crippen molar-refractivity contribution in [3.8, 4) is 0 Å². The van der Waals surface area contributed by atoms with Crippen LogP contribution in [0.5, 0.6) is 0 Å². The number of Topliss-reactive ketones (excluding diaryl/α,β-unsaturated/α-hetero) is 1. The number of rotatable bonds is 11. The number of carbonyl (C=O) groups excluding carboxylic acids is 3. The summed E-state index contributed by atoms with van der Waals surface area (Å²) in [5, 5.41) is 6.40. The molecule has 2 aromatic heterocycles. The van der Waals surface area contributed by atoms with Crippen molar-refractivity contribution in [1.29, 1.82) is 0 Å². The first-order valence-corrected chi connectivity index (χ1v) is 12.8. The van der Waals surface area contributed by atoms with E-state index in [1.54, 1.807) is 32.2 Å². The summed E-state index contributed by atoms with van der Waals surface area (Å²) < 4.78 is 44.2. The highest BCUT2D eigenvalue weighted by atomic mass is 19.4. The van der Waals surface area contributed by atoms with Gasteiger partial charge in [0.05, 0.1) is 11.6 Å². The Morgan fingerprint density at radius 3 is 2.39 bits per heavy atom. The van der Waals surface area contributed by atoms with E-state index in [1.165, 1.54) is 17.0 Å². The fourth-order valence-electron chi connectivity index (χ4n) is 4.16. The van der Waals surface area contributed by atoms with Crippen LogP contribution >= 0.6 is 0 Å². The second-order valence-corrected chi connectivity index (χ2v) is 9.77. The van der Waals surface area contributed by atoms with Crippen molar-refractivity contribution in [2.75, 3.05) is 6.54 Å². The van der Waals surface area contributed by atoms with Gasteiger partial charge in [0.2, 0.25) is 11.7 Å². The smallest absolute Gasteiger partial charge is 0.357 e. The Labute approximate surface area is 233 Å². The van der Waals surface area contributed by atoms with Crippen molar-refractivity contribution in [2.24, 2.45) is 5.92 Å². The summed E-state index contributed by atoms with van der Waals surface area (Å²) in [5.41, 5.74) is 0.604. The SMILES string of the molecule is CC(C)C(NC(=O)CN(Cc1ccccc1)C(=O)c1ccc[nH]1)C(=O)c1nc(Cc2cccc(C(F)(F)F)c2)no1. The first-order valence-electron chi connectivity index (χ1n) is 12.8. The van der Waals surface area contributed by atoms with E-state index in [0.717, 1.165) is 17.7 Å². The van der Waals surface area contributed by atoms with Crippen molar-refractivity contribution in [3.05, 3.63) is 107 Å². The first kappa shape index (κ1) is 29.2. The third-order valence-corrected chi connectivity index (χ3v) is 6.23. The van der Waals surface area contributed by atoms with E-state index in [0.29, 0.717) is 11.3 Å². The zero-order valence-electron chi connectivity index (χ0n) is 22.3. The van der Waals surface area contributed by atoms with Gasteiger partial charge in [-0.25, -0.2) is 0 Å². The maximum absolute atomic E-state index is 13.2. The number of halogens is 3. The van der Waals surface area contributed by atoms with Gasteiger partial charge in [0, 0.05) is 19.2 Å². The molecule has 0 fully saturated rings. The molecule has 4 aromatic rings. The Morgan fingerprint density at radius 1 is 1.00 bits per heavy atom. The van der Waals surface area contributed by atoms with Crippen molar-refractivity contribution in [3.63, 3.8) is 0 Å². The minimum Gasteiger partial charge on any atom is -0.357 e. The zero-order valence-corrected chi connectivity index (χ0v) is 22.3. The number of hydrogen-bond acceptors (Lipinski definition) is 6. The summed E-state index contributed by atoms with van der Waals surface area (Å²) in [6.07, 6.45) is -2.98. The van der Waals surface area contributed by atoms with Gasteiger partial charge in [-0.15, -0.1) is 0 Å². The van der Waals surface area contributed by atoms with Crippen LogP contribution in [0.4, 0.5) is 13.2 Å². The second-order valence-electron chi connectivity index (χ2n) is 9.77. The predicted octanol–water partition coefficient (Wildman–Crippen LogP) is 4.67. The molecule has 9 nitrogen and oxygen atoms in total. The van der Waals surface area contributed by atoms with E-state index in [2.05, 4.69) is 20.4 Å². The lowest BCUT2D eigenvalue weighted by Gasteiger charge is -2.24. The molecular formula is C29H28F3N5O4. The average Bonchev–Trinajstić information content (AvgIpc) is 3.64. The quantitative estimate of drug-likeness (QED) is 0.254. The van der Waals surface area contributed by atoms with Gasteiger partial charge in [-0.1, -0.05) is 67.5 Å². The number of carbonyl (C=O) groups is 3. The van der Waals surface area contributed by atoms with Crippen LogP contribution in [0.15, 0.2) is 77.4 Å². The van der Waals surface area contributed by atoms with Crippen LogP contribution in [0, 0.1) is 5.92 Å². The highest BCUT2D eigenvalue weighted by Crippen LogP contribution is 2.30. The topological polar surface area (TPSA) is 121 Å². The highest BCUT2D eigenvalue weighted by Gasteiger charge is 2.32. The number of aromatic amines is 1. The average molecular weight is 568 g/mol. The van der Waals surface area contributed by atoms with Crippen molar-refractivity contribution in [2.45, 2.75) is 39.0 Å². The monoisotopic (exact) mass is 567 g/mol. The summed E-state index contributed by atoms with van der Waals surface area (Å²) in [5.74, 6) is -2.36. The third-order valence-electron chi connectivity index (χ3n) is 6.23. The minimum absolute atomic E-state index is 0.0205. The van der Waals surface area contributed by atoms with Crippen LogP contribution in [0.1, 0.15) is 57.5 Å². The lowest BCUT2D eigenvalue weighted by atomic mass is 9.99. The molecule has 0 aliphatic carbocycles. The molecule has 12 heteroatoms. The van der Waals surface area contributed by atoms with Gasteiger partial charge in [-0.3, -0.25) is 14.4 Å². The largest absolute Gasteiger partial charge is 0.416 e. The Morgan fingerprint density at radius 2 is 1.73 bits per heavy atom. The number of aromatic nitrogens is 3. The molecule has 4 rings (SSSR count). The normalized spacial score (nSPS) is 12.2. The summed E-state index contributed by atoms with van der Waals surface area (Å²) >= 11 is 0. The molecule has 0 bridgehead atoms. The van der Waals surface area contributed by atoms with Gasteiger partial charge in [0.25, 0.3) is 11.8 Å². The fourth-order valence-corrected chi connectivity index (χ4v) is 4.16. The van der Waals surface area contributed by atoms with Crippen LogP contribution in [0.3, 0.4) is 0 Å². The number of hydrogen-bond donors (Lipinski definition) is 2. The molecule has 0 saturated heterocycles. The Kier molecular flexibility index (Phi) is 9.00. The van der Waals surface area contributed by atoms with Gasteiger partial charge < -0.3 is 19.7 Å². The van der Waals surface area contributed by atoms with Gasteiger partial charge >= 0.3 is 6.18 Å². The number of H-pyrrole nitrogens is 1. The van der Waals surface area contributed by atoms with Crippen molar-refractivity contribution in [1.82, 2.24) is 25.3 Å². The van der Waals surface area contributed by atoms with Gasteiger partial charge in [0.15, 0.2) is 5.82 Å². The maximum atomic E-state index is 13.2. The van der Waals surface area contributed by atoms with E-state index >= 15 is 0 Å². The lowest BCUT2D eigenvalue weighted by Crippen LogP contribution is -2.49. The summed E-state index contributed by atoms with van der Waals surface area (Å²) in [7, 11) is 0. The number of ketones is 1. The number of nitrogens with one attached hydrogen (secondary N) is 2. The van der Waals surface area contributed by atoms with Crippen LogP contribution in [-0.4, -0.2) is 50.2 Å². The minimum atomic E-state index is -4.50. The number of amides is 2. The van der Waals surface area contributed by atoms with Crippen LogP contribution < -0.4 is 5.32 Å². The lowest BCUT2D eigenvalue weighted by molar-refractivity contribution is -0.137. The van der Waals surface area contributed by atoms with E-state index in [9.17, 15) is 27.6 Å². The standard InChI is InChI=1S/C29H28F3N5O4/c1-18(2)25(26(39)27-34-23(36-41-27)15-20-10-6-11-21(14-20)29(30,31)32)35-24(38)17-37(16-19-8-4-3-5-9-19)28(40)22-12-7-13-33-22/h3-14,18,25,33H,15-17H2,1-2H3,(H,35,38). The van der Waals surface area contributed by atoms with Gasteiger partial charge in [0.1, 0.15) is 12.2 Å². The van der Waals surface area contributed by atoms with E-state index < -0.39 is 35.4 Å². The van der Waals surface area contributed by atoms with Crippen molar-refractivity contribution < 1.29 is 32.1 Å². The van der Waals surface area contributed by atoms with Crippen LogP contribution in [0.25, 0.3) is 0 Å². The predicted molar refractivity (Wildman–Crippen MR) is 142 cm³/mol. The molecule has 2 amide bonds. The Balaban J connectivity index is 1.45. The summed E-state index contributed by atoms with van der Waals surface area (Å²) in [6, 6.07) is 16.1. The highest BCUT2D eigenvalue weighted by molar-refractivity contribution is 6.00. The molecule has 2 heterocycles. The summed E-state index contributed by atoms with van der Waals surface area (Å²) in [6.45, 7) is 3.27. The molecule has 0 saturated carbocycles. The molecule has 0 aliphatic rings. The van der Waals surface area contributed by atoms with Crippen LogP contribution in [-0.2, 0) is 23.9 Å². The fraction of sp³-hybridized carbons (Fsp3) is 0.276. The zero-order chi connectivity index (χ0) is 29.6. The van der Waals surface area contributed by atoms with E-state index in [4.69, 9.17) is 4.52 Å². The van der Waals surface area contributed by atoms with Gasteiger partial charge in [-0.05, 0) is 35.2 Å². The maximum Gasteiger partial charge on any atom is 0.416 e. The molecule has 1 atom stereocenters. The number of alkyl halides is 3. The van der Waals surface area contributed by atoms with E-state index in [-0.39, 0.29) is 37.1 Å². The first-order chi connectivity index (χ1) is 19.5.